The van der Waals surface area contributed by atoms with Crippen LogP contribution >= 0.6 is 0 Å². The summed E-state index contributed by atoms with van der Waals surface area (Å²) in [6.45, 7) is 6.97. The molecule has 3 aromatic rings. The maximum absolute atomic E-state index is 5.00. The van der Waals surface area contributed by atoms with Crippen molar-refractivity contribution in [2.24, 2.45) is 0 Å². The molecule has 2 fully saturated rings. The minimum Gasteiger partial charge on any atom is -0.371 e. The third-order valence-electron chi connectivity index (χ3n) is 6.16. The molecule has 0 atom stereocenters. The monoisotopic (exact) mass is 357 g/mol. The average Bonchev–Trinajstić information content (AvgIpc) is 3.42. The molecule has 138 valence electrons. The molecular weight excluding hydrogens is 330 g/mol. The van der Waals surface area contributed by atoms with Gasteiger partial charge in [-0.05, 0) is 62.4 Å². The Bertz CT molecular complexity index is 967. The predicted octanol–water partition coefficient (Wildman–Crippen LogP) is 5.41. The lowest BCUT2D eigenvalue weighted by molar-refractivity contribution is 0.944. The first kappa shape index (κ1) is 16.6. The van der Waals surface area contributed by atoms with Crippen molar-refractivity contribution in [3.05, 3.63) is 54.1 Å². The summed E-state index contributed by atoms with van der Waals surface area (Å²) in [4.78, 5) is 10.1. The molecule has 0 N–H and O–H groups in total. The number of rotatable bonds is 3. The lowest BCUT2D eigenvalue weighted by Crippen LogP contribution is -2.22. The summed E-state index contributed by atoms with van der Waals surface area (Å²) in [5.41, 5.74) is 7.58. The lowest BCUT2D eigenvalue weighted by Gasteiger charge is -2.26. The predicted molar refractivity (Wildman–Crippen MR) is 115 cm³/mol. The standard InChI is InChI=1S/C24H27N3/c1-18-21(23-11-10-19-8-2-3-9-22(19)25-23)16-20(26-12-4-5-13-26)17-24(18)27-14-6-7-15-27/h2-3,8-11,16-17H,4-7,12-15H2,1H3. The van der Waals surface area contributed by atoms with E-state index in [0.717, 1.165) is 11.2 Å². The number of hydrogen-bond donors (Lipinski definition) is 0. The van der Waals surface area contributed by atoms with Gasteiger partial charge in [0.15, 0.2) is 0 Å². The van der Waals surface area contributed by atoms with Crippen LogP contribution in [0.2, 0.25) is 0 Å². The Kier molecular flexibility index (Phi) is 4.23. The van der Waals surface area contributed by atoms with Crippen molar-refractivity contribution < 1.29 is 0 Å². The Hall–Kier alpha value is -2.55. The zero-order valence-corrected chi connectivity index (χ0v) is 16.1. The third kappa shape index (κ3) is 3.05. The van der Waals surface area contributed by atoms with Crippen molar-refractivity contribution in [2.75, 3.05) is 36.0 Å². The molecule has 3 nitrogen and oxygen atoms in total. The van der Waals surface area contributed by atoms with Crippen molar-refractivity contribution in [2.45, 2.75) is 32.6 Å². The fourth-order valence-electron chi connectivity index (χ4n) is 4.61. The van der Waals surface area contributed by atoms with E-state index in [1.807, 2.05) is 0 Å². The van der Waals surface area contributed by atoms with E-state index in [4.69, 9.17) is 4.98 Å². The van der Waals surface area contributed by atoms with Crippen molar-refractivity contribution >= 4 is 22.3 Å². The molecule has 0 unspecified atom stereocenters. The van der Waals surface area contributed by atoms with Crippen molar-refractivity contribution in [3.63, 3.8) is 0 Å². The van der Waals surface area contributed by atoms with Crippen LogP contribution in [0.3, 0.4) is 0 Å². The molecule has 0 saturated carbocycles. The van der Waals surface area contributed by atoms with E-state index in [1.54, 1.807) is 0 Å². The number of benzene rings is 2. The fourth-order valence-corrected chi connectivity index (χ4v) is 4.61. The molecule has 3 heteroatoms. The number of nitrogens with zero attached hydrogens (tertiary/aromatic N) is 3. The Morgan fingerprint density at radius 3 is 2.26 bits per heavy atom. The molecule has 0 radical (unpaired) electrons. The van der Waals surface area contributed by atoms with Crippen LogP contribution in [0.4, 0.5) is 11.4 Å². The van der Waals surface area contributed by atoms with Gasteiger partial charge in [-0.25, -0.2) is 4.98 Å². The summed E-state index contributed by atoms with van der Waals surface area (Å²) < 4.78 is 0. The molecule has 0 spiro atoms. The molecule has 0 bridgehead atoms. The van der Waals surface area contributed by atoms with Gasteiger partial charge in [0.1, 0.15) is 0 Å². The first-order chi connectivity index (χ1) is 13.3. The molecular formula is C24H27N3. The second-order valence-corrected chi connectivity index (χ2v) is 7.91. The Balaban J connectivity index is 1.66. The summed E-state index contributed by atoms with van der Waals surface area (Å²) in [5, 5.41) is 1.20. The normalized spacial score (nSPS) is 17.2. The SMILES string of the molecule is Cc1c(-c2ccc3ccccc3n2)cc(N2CCCC2)cc1N1CCCC1. The van der Waals surface area contributed by atoms with Crippen molar-refractivity contribution in [1.29, 1.82) is 0 Å². The highest BCUT2D eigenvalue weighted by Gasteiger charge is 2.21. The Morgan fingerprint density at radius 1 is 0.778 bits per heavy atom. The summed E-state index contributed by atoms with van der Waals surface area (Å²) in [6, 6.07) is 17.6. The molecule has 0 amide bonds. The topological polar surface area (TPSA) is 19.4 Å². The van der Waals surface area contributed by atoms with Gasteiger partial charge in [-0.15, -0.1) is 0 Å². The largest absolute Gasteiger partial charge is 0.371 e. The summed E-state index contributed by atoms with van der Waals surface area (Å²) in [6.07, 6.45) is 5.21. The molecule has 5 rings (SSSR count). The Morgan fingerprint density at radius 2 is 1.48 bits per heavy atom. The number of anilines is 2. The first-order valence-corrected chi connectivity index (χ1v) is 10.3. The maximum Gasteiger partial charge on any atom is 0.0713 e. The molecule has 2 saturated heterocycles. The third-order valence-corrected chi connectivity index (χ3v) is 6.16. The molecule has 2 aliphatic rings. The van der Waals surface area contributed by atoms with Gasteiger partial charge >= 0.3 is 0 Å². The van der Waals surface area contributed by atoms with Crippen LogP contribution < -0.4 is 9.80 Å². The van der Waals surface area contributed by atoms with E-state index in [0.29, 0.717) is 0 Å². The minimum atomic E-state index is 1.07. The van der Waals surface area contributed by atoms with Gasteiger partial charge in [-0.1, -0.05) is 24.3 Å². The van der Waals surface area contributed by atoms with Gasteiger partial charge in [-0.2, -0.15) is 0 Å². The fraction of sp³-hybridized carbons (Fsp3) is 0.375. The summed E-state index contributed by atoms with van der Waals surface area (Å²) >= 11 is 0. The van der Waals surface area contributed by atoms with Gasteiger partial charge in [0.2, 0.25) is 0 Å². The number of para-hydroxylation sites is 1. The zero-order valence-electron chi connectivity index (χ0n) is 16.1. The Labute approximate surface area is 161 Å². The van der Waals surface area contributed by atoms with Crippen LogP contribution in [-0.2, 0) is 0 Å². The van der Waals surface area contributed by atoms with E-state index >= 15 is 0 Å². The van der Waals surface area contributed by atoms with Crippen LogP contribution in [0.25, 0.3) is 22.2 Å². The van der Waals surface area contributed by atoms with Crippen LogP contribution in [-0.4, -0.2) is 31.2 Å². The zero-order chi connectivity index (χ0) is 18.2. The molecule has 27 heavy (non-hydrogen) atoms. The number of aromatic nitrogens is 1. The molecule has 2 aliphatic heterocycles. The number of pyridine rings is 1. The smallest absolute Gasteiger partial charge is 0.0713 e. The van der Waals surface area contributed by atoms with Crippen molar-refractivity contribution in [3.8, 4) is 11.3 Å². The van der Waals surface area contributed by atoms with E-state index in [1.165, 1.54) is 79.8 Å². The van der Waals surface area contributed by atoms with Crippen molar-refractivity contribution in [1.82, 2.24) is 4.98 Å². The van der Waals surface area contributed by atoms with Gasteiger partial charge in [0.05, 0.1) is 11.2 Å². The van der Waals surface area contributed by atoms with E-state index in [2.05, 4.69) is 65.3 Å². The van der Waals surface area contributed by atoms with Crippen LogP contribution in [0.5, 0.6) is 0 Å². The average molecular weight is 358 g/mol. The summed E-state index contributed by atoms with van der Waals surface area (Å²) in [5.74, 6) is 0. The van der Waals surface area contributed by atoms with Crippen LogP contribution in [0, 0.1) is 6.92 Å². The molecule has 0 aliphatic carbocycles. The highest BCUT2D eigenvalue weighted by atomic mass is 15.2. The highest BCUT2D eigenvalue weighted by molar-refractivity contribution is 5.84. The van der Waals surface area contributed by atoms with Gasteiger partial charge in [0, 0.05) is 48.5 Å². The van der Waals surface area contributed by atoms with Gasteiger partial charge in [-0.3, -0.25) is 0 Å². The minimum absolute atomic E-state index is 1.07. The van der Waals surface area contributed by atoms with Crippen LogP contribution in [0.1, 0.15) is 31.2 Å². The summed E-state index contributed by atoms with van der Waals surface area (Å²) in [7, 11) is 0. The maximum atomic E-state index is 5.00. The van der Waals surface area contributed by atoms with Gasteiger partial charge < -0.3 is 9.80 Å². The second-order valence-electron chi connectivity index (χ2n) is 7.91. The number of hydrogen-bond acceptors (Lipinski definition) is 3. The first-order valence-electron chi connectivity index (χ1n) is 10.3. The van der Waals surface area contributed by atoms with E-state index in [9.17, 15) is 0 Å². The lowest BCUT2D eigenvalue weighted by atomic mass is 10.00. The highest BCUT2D eigenvalue weighted by Crippen LogP contribution is 2.37. The van der Waals surface area contributed by atoms with E-state index < -0.39 is 0 Å². The van der Waals surface area contributed by atoms with E-state index in [-0.39, 0.29) is 0 Å². The molecule has 3 heterocycles. The van der Waals surface area contributed by atoms with Crippen LogP contribution in [0.15, 0.2) is 48.5 Å². The second kappa shape index (κ2) is 6.88. The molecule has 2 aromatic carbocycles. The quantitative estimate of drug-likeness (QED) is 0.625. The molecule has 1 aromatic heterocycles. The number of fused-ring (bicyclic) bond motifs is 1. The van der Waals surface area contributed by atoms with Gasteiger partial charge in [0.25, 0.3) is 0 Å².